The maximum absolute atomic E-state index is 11.2. The van der Waals surface area contributed by atoms with E-state index in [2.05, 4.69) is 17.6 Å². The Kier molecular flexibility index (Phi) is 6.37. The van der Waals surface area contributed by atoms with E-state index < -0.39 is 0 Å². The lowest BCUT2D eigenvalue weighted by Gasteiger charge is -2.15. The summed E-state index contributed by atoms with van der Waals surface area (Å²) in [5.74, 6) is 0. The molecule has 0 aromatic heterocycles. The lowest BCUT2D eigenvalue weighted by molar-refractivity contribution is 0.234. The molecule has 0 radical (unpaired) electrons. The SMILES string of the molecule is CCCCC(C)NC(=O)NC(C)C. The molecule has 0 aliphatic rings. The van der Waals surface area contributed by atoms with Crippen molar-refractivity contribution in [3.63, 3.8) is 0 Å². The molecule has 0 fully saturated rings. The van der Waals surface area contributed by atoms with Crippen LogP contribution in [0.4, 0.5) is 4.79 Å². The summed E-state index contributed by atoms with van der Waals surface area (Å²) in [5.41, 5.74) is 0. The van der Waals surface area contributed by atoms with E-state index >= 15 is 0 Å². The van der Waals surface area contributed by atoms with Gasteiger partial charge in [-0.3, -0.25) is 0 Å². The average Bonchev–Trinajstić information content (AvgIpc) is 1.98. The van der Waals surface area contributed by atoms with Crippen LogP contribution < -0.4 is 10.6 Å². The third kappa shape index (κ3) is 7.62. The smallest absolute Gasteiger partial charge is 0.315 e. The second kappa shape index (κ2) is 6.75. The Balaban J connectivity index is 3.53. The Morgan fingerprint density at radius 1 is 1.23 bits per heavy atom. The van der Waals surface area contributed by atoms with E-state index in [1.54, 1.807) is 0 Å². The van der Waals surface area contributed by atoms with Gasteiger partial charge in [0.15, 0.2) is 0 Å². The van der Waals surface area contributed by atoms with Gasteiger partial charge >= 0.3 is 6.03 Å². The molecule has 0 aliphatic carbocycles. The van der Waals surface area contributed by atoms with E-state index in [0.717, 1.165) is 6.42 Å². The van der Waals surface area contributed by atoms with Gasteiger partial charge in [0.25, 0.3) is 0 Å². The second-order valence-corrected chi connectivity index (χ2v) is 3.82. The summed E-state index contributed by atoms with van der Waals surface area (Å²) >= 11 is 0. The predicted molar refractivity (Wildman–Crippen MR) is 55.8 cm³/mol. The molecule has 0 heterocycles. The largest absolute Gasteiger partial charge is 0.336 e. The zero-order chi connectivity index (χ0) is 10.3. The lowest BCUT2D eigenvalue weighted by atomic mass is 10.1. The molecule has 0 saturated carbocycles. The molecular formula is C10H22N2O. The first-order chi connectivity index (χ1) is 6.06. The monoisotopic (exact) mass is 186 g/mol. The van der Waals surface area contributed by atoms with Gasteiger partial charge in [-0.1, -0.05) is 19.8 Å². The normalized spacial score (nSPS) is 12.7. The van der Waals surface area contributed by atoms with E-state index in [9.17, 15) is 4.79 Å². The molecule has 1 unspecified atom stereocenters. The van der Waals surface area contributed by atoms with Crippen LogP contribution in [-0.2, 0) is 0 Å². The molecule has 2 amide bonds. The molecule has 3 nitrogen and oxygen atoms in total. The minimum atomic E-state index is -0.0568. The fourth-order valence-electron chi connectivity index (χ4n) is 1.11. The predicted octanol–water partition coefficient (Wildman–Crippen LogP) is 2.27. The van der Waals surface area contributed by atoms with Crippen LogP contribution in [-0.4, -0.2) is 18.1 Å². The molecule has 0 saturated heterocycles. The second-order valence-electron chi connectivity index (χ2n) is 3.82. The van der Waals surface area contributed by atoms with Gasteiger partial charge in [-0.15, -0.1) is 0 Å². The molecule has 78 valence electrons. The van der Waals surface area contributed by atoms with Crippen LogP contribution in [0.3, 0.4) is 0 Å². The Hall–Kier alpha value is -0.730. The molecule has 0 aromatic rings. The van der Waals surface area contributed by atoms with Gasteiger partial charge in [0, 0.05) is 12.1 Å². The minimum absolute atomic E-state index is 0.0568. The molecule has 1 atom stereocenters. The number of hydrogen-bond acceptors (Lipinski definition) is 1. The minimum Gasteiger partial charge on any atom is -0.336 e. The van der Waals surface area contributed by atoms with Gasteiger partial charge in [-0.2, -0.15) is 0 Å². The quantitative estimate of drug-likeness (QED) is 0.679. The zero-order valence-corrected chi connectivity index (χ0v) is 9.18. The molecule has 13 heavy (non-hydrogen) atoms. The van der Waals surface area contributed by atoms with Crippen LogP contribution in [0.25, 0.3) is 0 Å². The number of rotatable bonds is 5. The fraction of sp³-hybridized carbons (Fsp3) is 0.900. The van der Waals surface area contributed by atoms with Crippen LogP contribution in [0.2, 0.25) is 0 Å². The molecule has 3 heteroatoms. The summed E-state index contributed by atoms with van der Waals surface area (Å²) in [7, 11) is 0. The number of nitrogens with one attached hydrogen (secondary N) is 2. The maximum Gasteiger partial charge on any atom is 0.315 e. The molecule has 0 aromatic carbocycles. The van der Waals surface area contributed by atoms with Crippen molar-refractivity contribution in [3.05, 3.63) is 0 Å². The average molecular weight is 186 g/mol. The van der Waals surface area contributed by atoms with Gasteiger partial charge in [0.1, 0.15) is 0 Å². The molecule has 0 spiro atoms. The summed E-state index contributed by atoms with van der Waals surface area (Å²) in [6.45, 7) is 8.10. The van der Waals surface area contributed by atoms with Crippen molar-refractivity contribution < 1.29 is 4.79 Å². The standard InChI is InChI=1S/C10H22N2O/c1-5-6-7-9(4)12-10(13)11-8(2)3/h8-9H,5-7H2,1-4H3,(H2,11,12,13). The van der Waals surface area contributed by atoms with E-state index in [-0.39, 0.29) is 18.1 Å². The van der Waals surface area contributed by atoms with Crippen LogP contribution in [0, 0.1) is 0 Å². The van der Waals surface area contributed by atoms with E-state index in [1.807, 2.05) is 20.8 Å². The van der Waals surface area contributed by atoms with Crippen LogP contribution in [0.5, 0.6) is 0 Å². The highest BCUT2D eigenvalue weighted by Gasteiger charge is 2.06. The van der Waals surface area contributed by atoms with Crippen molar-refractivity contribution in [2.24, 2.45) is 0 Å². The summed E-state index contributed by atoms with van der Waals surface area (Å²) < 4.78 is 0. The van der Waals surface area contributed by atoms with E-state index in [0.29, 0.717) is 0 Å². The van der Waals surface area contributed by atoms with E-state index in [1.165, 1.54) is 12.8 Å². The number of urea groups is 1. The first-order valence-corrected chi connectivity index (χ1v) is 5.13. The van der Waals surface area contributed by atoms with Crippen molar-refractivity contribution in [1.82, 2.24) is 10.6 Å². The van der Waals surface area contributed by atoms with Gasteiger partial charge in [0.05, 0.1) is 0 Å². The first kappa shape index (κ1) is 12.3. The van der Waals surface area contributed by atoms with Crippen molar-refractivity contribution in [3.8, 4) is 0 Å². The van der Waals surface area contributed by atoms with Gasteiger partial charge < -0.3 is 10.6 Å². The third-order valence-electron chi connectivity index (χ3n) is 1.79. The Morgan fingerprint density at radius 2 is 1.85 bits per heavy atom. The maximum atomic E-state index is 11.2. The van der Waals surface area contributed by atoms with Crippen molar-refractivity contribution >= 4 is 6.03 Å². The van der Waals surface area contributed by atoms with Crippen LogP contribution >= 0.6 is 0 Å². The molecule has 0 bridgehead atoms. The first-order valence-electron chi connectivity index (χ1n) is 5.13. The number of unbranched alkanes of at least 4 members (excludes halogenated alkanes) is 1. The highest BCUT2D eigenvalue weighted by atomic mass is 16.2. The Morgan fingerprint density at radius 3 is 2.31 bits per heavy atom. The number of hydrogen-bond donors (Lipinski definition) is 2. The lowest BCUT2D eigenvalue weighted by Crippen LogP contribution is -2.43. The number of carbonyl (C=O) groups excluding carboxylic acids is 1. The summed E-state index contributed by atoms with van der Waals surface area (Å²) in [6, 6.07) is 0.427. The molecule has 0 rings (SSSR count). The fourth-order valence-corrected chi connectivity index (χ4v) is 1.11. The number of amides is 2. The van der Waals surface area contributed by atoms with Crippen LogP contribution in [0.15, 0.2) is 0 Å². The highest BCUT2D eigenvalue weighted by molar-refractivity contribution is 5.74. The van der Waals surface area contributed by atoms with Crippen molar-refractivity contribution in [2.45, 2.75) is 59.0 Å². The summed E-state index contributed by atoms with van der Waals surface area (Å²) in [6.07, 6.45) is 3.41. The number of carbonyl (C=O) groups is 1. The third-order valence-corrected chi connectivity index (χ3v) is 1.79. The van der Waals surface area contributed by atoms with Gasteiger partial charge in [0.2, 0.25) is 0 Å². The molecule has 2 N–H and O–H groups in total. The van der Waals surface area contributed by atoms with Gasteiger partial charge in [-0.25, -0.2) is 4.79 Å². The molecule has 0 aliphatic heterocycles. The Bertz CT molecular complexity index is 146. The zero-order valence-electron chi connectivity index (χ0n) is 9.18. The molecular weight excluding hydrogens is 164 g/mol. The van der Waals surface area contributed by atoms with Crippen molar-refractivity contribution in [1.29, 1.82) is 0 Å². The highest BCUT2D eigenvalue weighted by Crippen LogP contribution is 1.98. The Labute approximate surface area is 81.3 Å². The summed E-state index contributed by atoms with van der Waals surface area (Å²) in [5, 5.41) is 5.70. The van der Waals surface area contributed by atoms with E-state index in [4.69, 9.17) is 0 Å². The van der Waals surface area contributed by atoms with Gasteiger partial charge in [-0.05, 0) is 27.2 Å². The summed E-state index contributed by atoms with van der Waals surface area (Å²) in [4.78, 5) is 11.2. The topological polar surface area (TPSA) is 41.1 Å². The van der Waals surface area contributed by atoms with Crippen molar-refractivity contribution in [2.75, 3.05) is 0 Å². The van der Waals surface area contributed by atoms with Crippen LogP contribution in [0.1, 0.15) is 47.0 Å².